The number of ketones is 1. The van der Waals surface area contributed by atoms with Gasteiger partial charge in [0.25, 0.3) is 0 Å². The molecule has 0 heterocycles. The van der Waals surface area contributed by atoms with Crippen LogP contribution in [0.4, 0.5) is 0 Å². The molecule has 0 aliphatic rings. The highest BCUT2D eigenvalue weighted by molar-refractivity contribution is 6.01. The van der Waals surface area contributed by atoms with Crippen LogP contribution in [0, 0.1) is 5.92 Å². The average Bonchev–Trinajstić information content (AvgIpc) is 2.11. The minimum absolute atomic E-state index is 0.319. The van der Waals surface area contributed by atoms with Crippen LogP contribution >= 0.6 is 0 Å². The number of aliphatic carboxylic acids is 1. The zero-order valence-electron chi connectivity index (χ0n) is 7.47. The first-order chi connectivity index (χ1) is 6.40. The molecule has 0 saturated heterocycles. The molecule has 1 unspecified atom stereocenters. The number of carbonyl (C=O) groups excluding carboxylic acids is 2. The Morgan fingerprint density at radius 3 is 2.07 bits per heavy atom. The third-order valence-electron chi connectivity index (χ3n) is 1.74. The van der Waals surface area contributed by atoms with E-state index in [9.17, 15) is 14.4 Å². The Bertz CT molecular complexity index is 253. The molecule has 7 N–H and O–H groups in total. The van der Waals surface area contributed by atoms with Crippen LogP contribution in [0.25, 0.3) is 0 Å². The molecule has 0 aliphatic carbocycles. The van der Waals surface area contributed by atoms with Crippen LogP contribution in [0.5, 0.6) is 0 Å². The lowest BCUT2D eigenvalue weighted by Gasteiger charge is -2.13. The molecule has 0 aromatic carbocycles. The molecule has 2 atom stereocenters. The lowest BCUT2D eigenvalue weighted by atomic mass is 9.95. The summed E-state index contributed by atoms with van der Waals surface area (Å²) in [7, 11) is 0. The first kappa shape index (κ1) is 12.5. The Morgan fingerprint density at radius 1 is 1.29 bits per heavy atom. The predicted octanol–water partition coefficient (Wildman–Crippen LogP) is -2.58. The Hall–Kier alpha value is -1.47. The van der Waals surface area contributed by atoms with Gasteiger partial charge in [-0.3, -0.25) is 14.4 Å². The monoisotopic (exact) mass is 203 g/mol. The Labute approximate surface area is 80.2 Å². The summed E-state index contributed by atoms with van der Waals surface area (Å²) in [6.45, 7) is -0.361. The minimum atomic E-state index is -1.29. The van der Waals surface area contributed by atoms with Gasteiger partial charge in [0.2, 0.25) is 5.91 Å². The predicted molar refractivity (Wildman–Crippen MR) is 47.0 cm³/mol. The zero-order chi connectivity index (χ0) is 11.3. The fraction of sp³-hybridized carbons (Fsp3) is 0.571. The molecule has 14 heavy (non-hydrogen) atoms. The molecule has 0 bridgehead atoms. The van der Waals surface area contributed by atoms with Gasteiger partial charge in [-0.15, -0.1) is 0 Å². The molecule has 7 nitrogen and oxygen atoms in total. The van der Waals surface area contributed by atoms with Crippen LogP contribution in [0.1, 0.15) is 6.42 Å². The van der Waals surface area contributed by atoms with Crippen molar-refractivity contribution < 1.29 is 19.5 Å². The maximum Gasteiger partial charge on any atom is 0.320 e. The Kier molecular flexibility index (Phi) is 4.74. The van der Waals surface area contributed by atoms with Gasteiger partial charge in [0.05, 0.1) is 12.5 Å². The third kappa shape index (κ3) is 3.50. The lowest BCUT2D eigenvalue weighted by Crippen LogP contribution is -2.41. The summed E-state index contributed by atoms with van der Waals surface area (Å²) >= 11 is 0. The van der Waals surface area contributed by atoms with Crippen molar-refractivity contribution in [3.63, 3.8) is 0 Å². The van der Waals surface area contributed by atoms with Crippen LogP contribution < -0.4 is 17.2 Å². The second kappa shape index (κ2) is 5.30. The lowest BCUT2D eigenvalue weighted by molar-refractivity contribution is -0.139. The Balaban J connectivity index is 4.46. The number of carboxylic acid groups (broad SMARTS) is 1. The second-order valence-corrected chi connectivity index (χ2v) is 2.81. The number of amides is 1. The van der Waals surface area contributed by atoms with Gasteiger partial charge < -0.3 is 22.3 Å². The number of primary amides is 1. The highest BCUT2D eigenvalue weighted by atomic mass is 16.4. The summed E-state index contributed by atoms with van der Waals surface area (Å²) in [5.41, 5.74) is 15.1. The van der Waals surface area contributed by atoms with E-state index in [1.165, 1.54) is 0 Å². The number of carbonyl (C=O) groups is 3. The summed E-state index contributed by atoms with van der Waals surface area (Å²) < 4.78 is 0. The van der Waals surface area contributed by atoms with E-state index in [1.54, 1.807) is 0 Å². The average molecular weight is 203 g/mol. The van der Waals surface area contributed by atoms with Gasteiger partial charge in [-0.1, -0.05) is 0 Å². The summed E-state index contributed by atoms with van der Waals surface area (Å²) in [4.78, 5) is 32.1. The molecular weight excluding hydrogens is 190 g/mol. The number of carboxylic acids is 1. The van der Waals surface area contributed by atoms with Crippen molar-refractivity contribution in [2.45, 2.75) is 12.5 Å². The third-order valence-corrected chi connectivity index (χ3v) is 1.74. The van der Waals surface area contributed by atoms with Gasteiger partial charge in [-0.2, -0.15) is 0 Å². The van der Waals surface area contributed by atoms with E-state index < -0.39 is 29.6 Å². The smallest absolute Gasteiger partial charge is 0.320 e. The number of hydrogen-bond donors (Lipinski definition) is 4. The summed E-state index contributed by atoms with van der Waals surface area (Å²) in [6, 6.07) is -1.29. The minimum Gasteiger partial charge on any atom is -0.480 e. The van der Waals surface area contributed by atoms with Crippen molar-refractivity contribution >= 4 is 17.7 Å². The first-order valence-electron chi connectivity index (χ1n) is 3.90. The molecule has 0 saturated carbocycles. The van der Waals surface area contributed by atoms with Gasteiger partial charge in [0, 0.05) is 0 Å². The van der Waals surface area contributed by atoms with E-state index in [4.69, 9.17) is 22.3 Å². The largest absolute Gasteiger partial charge is 0.480 e. The number of rotatable bonds is 6. The van der Waals surface area contributed by atoms with Crippen molar-refractivity contribution in [1.82, 2.24) is 0 Å². The normalized spacial score (nSPS) is 14.4. The molecule has 0 rings (SSSR count). The molecule has 0 aromatic heterocycles. The van der Waals surface area contributed by atoms with Gasteiger partial charge in [-0.05, 0) is 6.42 Å². The highest BCUT2D eigenvalue weighted by Gasteiger charge is 2.27. The summed E-state index contributed by atoms with van der Waals surface area (Å²) in [5.74, 6) is -4.02. The maximum absolute atomic E-state index is 11.0. The summed E-state index contributed by atoms with van der Waals surface area (Å²) in [6.07, 6.45) is -0.319. The van der Waals surface area contributed by atoms with Crippen molar-refractivity contribution in [2.75, 3.05) is 6.54 Å². The molecule has 0 spiro atoms. The highest BCUT2D eigenvalue weighted by Crippen LogP contribution is 2.06. The van der Waals surface area contributed by atoms with Crippen molar-refractivity contribution in [1.29, 1.82) is 0 Å². The van der Waals surface area contributed by atoms with Crippen LogP contribution in [-0.4, -0.2) is 35.4 Å². The first-order valence-corrected chi connectivity index (χ1v) is 3.90. The van der Waals surface area contributed by atoms with E-state index in [2.05, 4.69) is 0 Å². The van der Waals surface area contributed by atoms with Gasteiger partial charge in [-0.25, -0.2) is 0 Å². The number of hydrogen-bond acceptors (Lipinski definition) is 5. The quantitative estimate of drug-likeness (QED) is 0.348. The number of Topliss-reactive ketones (excluding diaryl/α,β-unsaturated/α-hetero) is 1. The van der Waals surface area contributed by atoms with Crippen molar-refractivity contribution in [3.8, 4) is 0 Å². The summed E-state index contributed by atoms with van der Waals surface area (Å²) in [5, 5.41) is 8.45. The van der Waals surface area contributed by atoms with Gasteiger partial charge >= 0.3 is 5.97 Å². The second-order valence-electron chi connectivity index (χ2n) is 2.81. The van der Waals surface area contributed by atoms with E-state index in [0.717, 1.165) is 0 Å². The zero-order valence-corrected chi connectivity index (χ0v) is 7.47. The Morgan fingerprint density at radius 2 is 1.79 bits per heavy atom. The molecular formula is C7H13N3O4. The molecule has 0 fully saturated rings. The van der Waals surface area contributed by atoms with Crippen LogP contribution in [0.3, 0.4) is 0 Å². The van der Waals surface area contributed by atoms with E-state index in [-0.39, 0.29) is 13.0 Å². The van der Waals surface area contributed by atoms with Crippen LogP contribution in [-0.2, 0) is 14.4 Å². The molecule has 80 valence electrons. The van der Waals surface area contributed by atoms with E-state index in [1.807, 2.05) is 0 Å². The SMILES string of the molecule is NCC(=O)C(C[C@H](N)C(=O)O)C(N)=O. The molecule has 0 aliphatic heterocycles. The molecule has 7 heteroatoms. The topological polar surface area (TPSA) is 150 Å². The van der Waals surface area contributed by atoms with E-state index >= 15 is 0 Å². The van der Waals surface area contributed by atoms with Crippen molar-refractivity contribution in [3.05, 3.63) is 0 Å². The maximum atomic E-state index is 11.0. The molecule has 0 radical (unpaired) electrons. The van der Waals surface area contributed by atoms with Crippen molar-refractivity contribution in [2.24, 2.45) is 23.1 Å². The fourth-order valence-corrected chi connectivity index (χ4v) is 0.903. The molecule has 1 amide bonds. The number of nitrogens with two attached hydrogens (primary N) is 3. The van der Waals surface area contributed by atoms with Crippen LogP contribution in [0.2, 0.25) is 0 Å². The molecule has 0 aromatic rings. The van der Waals surface area contributed by atoms with Gasteiger partial charge in [0.15, 0.2) is 5.78 Å². The van der Waals surface area contributed by atoms with Crippen LogP contribution in [0.15, 0.2) is 0 Å². The van der Waals surface area contributed by atoms with E-state index in [0.29, 0.717) is 0 Å². The van der Waals surface area contributed by atoms with Gasteiger partial charge in [0.1, 0.15) is 6.04 Å². The fourth-order valence-electron chi connectivity index (χ4n) is 0.903. The standard InChI is InChI=1S/C7H13N3O4/c8-2-5(11)3(6(10)12)1-4(9)7(13)14/h3-4H,1-2,8-9H2,(H2,10,12)(H,13,14)/t3?,4-/m0/s1.